The Labute approximate surface area is 168 Å². The summed E-state index contributed by atoms with van der Waals surface area (Å²) in [5.74, 6) is 1.49. The predicted molar refractivity (Wildman–Crippen MR) is 107 cm³/mol. The number of fused-ring (bicyclic) bond motifs is 1. The molecule has 2 heterocycles. The van der Waals surface area contributed by atoms with E-state index in [0.29, 0.717) is 23.3 Å². The van der Waals surface area contributed by atoms with Gasteiger partial charge in [0.25, 0.3) is 0 Å². The van der Waals surface area contributed by atoms with Gasteiger partial charge in [0, 0.05) is 17.8 Å². The summed E-state index contributed by atoms with van der Waals surface area (Å²) >= 11 is 5.92. The molecule has 5 nitrogen and oxygen atoms in total. The zero-order valence-electron chi connectivity index (χ0n) is 15.9. The van der Waals surface area contributed by atoms with E-state index in [2.05, 4.69) is 48.3 Å². The SMILES string of the molecule is CC1(C)CCC(=O)c2c([C@@H]3C[C@H]3c3ccccc3)nn(-c3ccc(Cl)nn3)c21. The van der Waals surface area contributed by atoms with E-state index in [1.807, 2.05) is 16.8 Å². The third-order valence-electron chi connectivity index (χ3n) is 6.01. The summed E-state index contributed by atoms with van der Waals surface area (Å²) < 4.78 is 1.82. The average Bonchev–Trinajstić information content (AvgIpc) is 3.38. The lowest BCUT2D eigenvalue weighted by molar-refractivity contribution is 0.0954. The lowest BCUT2D eigenvalue weighted by Gasteiger charge is -2.30. The average molecular weight is 393 g/mol. The summed E-state index contributed by atoms with van der Waals surface area (Å²) in [7, 11) is 0. The van der Waals surface area contributed by atoms with Crippen molar-refractivity contribution in [2.45, 2.75) is 50.4 Å². The lowest BCUT2D eigenvalue weighted by atomic mass is 9.75. The normalized spacial score (nSPS) is 22.8. The Bertz CT molecular complexity index is 1060. The molecule has 0 N–H and O–H groups in total. The number of ketones is 1. The maximum atomic E-state index is 13.0. The Kier molecular flexibility index (Phi) is 3.91. The van der Waals surface area contributed by atoms with Gasteiger partial charge in [-0.2, -0.15) is 5.10 Å². The second-order valence-electron chi connectivity index (χ2n) is 8.40. The molecule has 0 aliphatic heterocycles. The molecule has 2 aromatic heterocycles. The third-order valence-corrected chi connectivity index (χ3v) is 6.22. The van der Waals surface area contributed by atoms with E-state index in [-0.39, 0.29) is 17.1 Å². The molecule has 142 valence electrons. The van der Waals surface area contributed by atoms with Gasteiger partial charge in [0.05, 0.1) is 17.0 Å². The first-order valence-corrected chi connectivity index (χ1v) is 10.0. The summed E-state index contributed by atoms with van der Waals surface area (Å²) in [6.07, 6.45) is 2.39. The monoisotopic (exact) mass is 392 g/mol. The summed E-state index contributed by atoms with van der Waals surface area (Å²) in [5.41, 5.74) is 3.82. The number of benzene rings is 1. The van der Waals surface area contributed by atoms with Crippen LogP contribution in [0.25, 0.3) is 5.82 Å². The first kappa shape index (κ1) is 17.6. The van der Waals surface area contributed by atoms with Gasteiger partial charge < -0.3 is 0 Å². The molecule has 0 saturated heterocycles. The smallest absolute Gasteiger partial charge is 0.176 e. The molecule has 28 heavy (non-hydrogen) atoms. The fourth-order valence-electron chi connectivity index (χ4n) is 4.42. The molecule has 1 fully saturated rings. The topological polar surface area (TPSA) is 60.7 Å². The fourth-order valence-corrected chi connectivity index (χ4v) is 4.52. The fraction of sp³-hybridized carbons (Fsp3) is 0.364. The van der Waals surface area contributed by atoms with Crippen LogP contribution < -0.4 is 0 Å². The van der Waals surface area contributed by atoms with Crippen LogP contribution in [0.15, 0.2) is 42.5 Å². The zero-order chi connectivity index (χ0) is 19.5. The van der Waals surface area contributed by atoms with Crippen LogP contribution in [0.3, 0.4) is 0 Å². The van der Waals surface area contributed by atoms with Crippen molar-refractivity contribution in [3.63, 3.8) is 0 Å². The van der Waals surface area contributed by atoms with E-state index in [4.69, 9.17) is 16.7 Å². The first-order valence-electron chi connectivity index (χ1n) is 9.67. The molecule has 6 heteroatoms. The molecule has 0 spiro atoms. The van der Waals surface area contributed by atoms with E-state index in [1.165, 1.54) is 5.56 Å². The summed E-state index contributed by atoms with van der Waals surface area (Å²) in [4.78, 5) is 13.0. The highest BCUT2D eigenvalue weighted by Crippen LogP contribution is 2.56. The second-order valence-corrected chi connectivity index (χ2v) is 8.79. The summed E-state index contributed by atoms with van der Waals surface area (Å²) in [6.45, 7) is 4.34. The Morgan fingerprint density at radius 1 is 1.07 bits per heavy atom. The van der Waals surface area contributed by atoms with Crippen LogP contribution in [0.4, 0.5) is 0 Å². The highest BCUT2D eigenvalue weighted by molar-refractivity contribution is 6.29. The molecule has 0 bridgehead atoms. The number of rotatable bonds is 3. The molecule has 1 aromatic carbocycles. The number of nitrogens with zero attached hydrogens (tertiary/aromatic N) is 4. The number of aromatic nitrogens is 4. The standard InChI is InChI=1S/C22H21ClN4O/c1-22(2)11-10-16(28)19-20(15-12-14(15)13-6-4-3-5-7-13)26-27(21(19)22)18-9-8-17(23)24-25-18/h3-9,14-15H,10-12H2,1-2H3/t14-,15+/m0/s1. The van der Waals surface area contributed by atoms with Gasteiger partial charge in [0.15, 0.2) is 16.8 Å². The second kappa shape index (κ2) is 6.24. The van der Waals surface area contributed by atoms with E-state index in [0.717, 1.165) is 29.8 Å². The van der Waals surface area contributed by atoms with Gasteiger partial charge in [0.2, 0.25) is 0 Å². The van der Waals surface area contributed by atoms with Crippen molar-refractivity contribution in [1.29, 1.82) is 0 Å². The minimum atomic E-state index is -0.160. The van der Waals surface area contributed by atoms with Crippen molar-refractivity contribution >= 4 is 17.4 Å². The molecule has 2 atom stereocenters. The predicted octanol–water partition coefficient (Wildman–Crippen LogP) is 4.84. The van der Waals surface area contributed by atoms with Crippen LogP contribution in [0, 0.1) is 0 Å². The molecule has 2 aliphatic carbocycles. The van der Waals surface area contributed by atoms with Crippen LogP contribution in [0.5, 0.6) is 0 Å². The van der Waals surface area contributed by atoms with Crippen molar-refractivity contribution in [2.24, 2.45) is 0 Å². The highest BCUT2D eigenvalue weighted by Gasteiger charge is 2.47. The van der Waals surface area contributed by atoms with Crippen LogP contribution in [0.1, 0.15) is 72.3 Å². The molecule has 1 saturated carbocycles. The molecule has 5 rings (SSSR count). The van der Waals surface area contributed by atoms with Gasteiger partial charge in [0.1, 0.15) is 0 Å². The number of hydrogen-bond acceptors (Lipinski definition) is 4. The maximum absolute atomic E-state index is 13.0. The van der Waals surface area contributed by atoms with Crippen molar-refractivity contribution < 1.29 is 4.79 Å². The van der Waals surface area contributed by atoms with Gasteiger partial charge in [-0.3, -0.25) is 4.79 Å². The van der Waals surface area contributed by atoms with E-state index < -0.39 is 0 Å². The van der Waals surface area contributed by atoms with Gasteiger partial charge in [-0.15, -0.1) is 10.2 Å². The van der Waals surface area contributed by atoms with Crippen LogP contribution >= 0.6 is 11.6 Å². The number of Topliss-reactive ketones (excluding diaryl/α,β-unsaturated/α-hetero) is 1. The summed E-state index contributed by atoms with van der Waals surface area (Å²) in [5, 5.41) is 13.5. The Balaban J connectivity index is 1.65. The zero-order valence-corrected chi connectivity index (χ0v) is 16.6. The van der Waals surface area contributed by atoms with E-state index >= 15 is 0 Å². The molecule has 3 aromatic rings. The maximum Gasteiger partial charge on any atom is 0.176 e. The third kappa shape index (κ3) is 2.76. The first-order chi connectivity index (χ1) is 13.5. The number of halogens is 1. The number of carbonyl (C=O) groups is 1. The Hall–Kier alpha value is -2.53. The molecule has 0 unspecified atom stereocenters. The largest absolute Gasteiger partial charge is 0.294 e. The summed E-state index contributed by atoms with van der Waals surface area (Å²) in [6, 6.07) is 14.0. The van der Waals surface area contributed by atoms with Gasteiger partial charge in [-0.1, -0.05) is 55.8 Å². The molecule has 0 radical (unpaired) electrons. The molecule has 0 amide bonds. The highest BCUT2D eigenvalue weighted by atomic mass is 35.5. The van der Waals surface area contributed by atoms with Crippen molar-refractivity contribution in [1.82, 2.24) is 20.0 Å². The van der Waals surface area contributed by atoms with Gasteiger partial charge in [-0.05, 0) is 36.5 Å². The van der Waals surface area contributed by atoms with Crippen LogP contribution in [-0.4, -0.2) is 25.8 Å². The molecular weight excluding hydrogens is 372 g/mol. The quantitative estimate of drug-likeness (QED) is 0.639. The van der Waals surface area contributed by atoms with Crippen LogP contribution in [-0.2, 0) is 5.41 Å². The van der Waals surface area contributed by atoms with Crippen molar-refractivity contribution in [2.75, 3.05) is 0 Å². The van der Waals surface area contributed by atoms with Crippen molar-refractivity contribution in [3.8, 4) is 5.82 Å². The number of hydrogen-bond donors (Lipinski definition) is 0. The minimum absolute atomic E-state index is 0.160. The van der Waals surface area contributed by atoms with Gasteiger partial charge in [-0.25, -0.2) is 4.68 Å². The van der Waals surface area contributed by atoms with E-state index in [9.17, 15) is 4.79 Å². The minimum Gasteiger partial charge on any atom is -0.294 e. The van der Waals surface area contributed by atoms with Crippen LogP contribution in [0.2, 0.25) is 5.15 Å². The lowest BCUT2D eigenvalue weighted by Crippen LogP contribution is -2.30. The molecule has 2 aliphatic rings. The van der Waals surface area contributed by atoms with Gasteiger partial charge >= 0.3 is 0 Å². The van der Waals surface area contributed by atoms with Crippen molar-refractivity contribution in [3.05, 3.63) is 70.1 Å². The molecular formula is C22H21ClN4O. The Morgan fingerprint density at radius 2 is 1.86 bits per heavy atom. The van der Waals surface area contributed by atoms with E-state index in [1.54, 1.807) is 6.07 Å². The Morgan fingerprint density at radius 3 is 2.57 bits per heavy atom. The number of carbonyl (C=O) groups excluding carboxylic acids is 1.